The lowest BCUT2D eigenvalue weighted by molar-refractivity contribution is -0.0399. The van der Waals surface area contributed by atoms with Crippen LogP contribution in [-0.4, -0.2) is 0 Å². The van der Waals surface area contributed by atoms with E-state index >= 15 is 0 Å². The molecule has 1 nitrogen and oxygen atoms in total. The van der Waals surface area contributed by atoms with Crippen LogP contribution in [0.15, 0.2) is 127 Å². The van der Waals surface area contributed by atoms with Gasteiger partial charge in [-0.25, -0.2) is 0 Å². The second kappa shape index (κ2) is 13.6. The van der Waals surface area contributed by atoms with Gasteiger partial charge in [0.2, 0.25) is 0 Å². The highest BCUT2D eigenvalue weighted by atomic mass is 15.1. The SMILES string of the molecule is CC1(C)CCC(C)(C)c2cc(N(c3ccc4c(c3)C(C)(C)CCC4(C)C)c3cc4c(cc3-c3ccc(-c5ccccc5)cc3)-c3ccccc3C43C4CC5CC(C4)CC3C5)ccc21. The van der Waals surface area contributed by atoms with Crippen LogP contribution >= 0.6 is 0 Å². The molecular formula is C62H67N. The molecule has 1 heteroatoms. The van der Waals surface area contributed by atoms with E-state index in [1.54, 1.807) is 11.1 Å². The minimum Gasteiger partial charge on any atom is -0.310 e. The molecule has 13 rings (SSSR count). The smallest absolute Gasteiger partial charge is 0.0543 e. The molecule has 4 bridgehead atoms. The second-order valence-electron chi connectivity index (χ2n) is 23.9. The lowest BCUT2D eigenvalue weighted by atomic mass is 9.43. The molecule has 0 unspecified atom stereocenters. The van der Waals surface area contributed by atoms with Gasteiger partial charge in [0.05, 0.1) is 5.69 Å². The van der Waals surface area contributed by atoms with Crippen LogP contribution in [0.25, 0.3) is 33.4 Å². The Labute approximate surface area is 378 Å². The minimum absolute atomic E-state index is 0.0686. The Balaban J connectivity index is 1.15. The fraction of sp³-hybridized carbons (Fsp3) is 0.419. The fourth-order valence-electron chi connectivity index (χ4n) is 14.9. The van der Waals surface area contributed by atoms with Gasteiger partial charge in [-0.3, -0.25) is 0 Å². The van der Waals surface area contributed by atoms with Gasteiger partial charge in [-0.2, -0.15) is 0 Å². The highest BCUT2D eigenvalue weighted by molar-refractivity contribution is 5.95. The van der Waals surface area contributed by atoms with Crippen molar-refractivity contribution in [1.82, 2.24) is 0 Å². The van der Waals surface area contributed by atoms with Gasteiger partial charge >= 0.3 is 0 Å². The normalized spacial score (nSPS) is 27.0. The predicted octanol–water partition coefficient (Wildman–Crippen LogP) is 16.9. The minimum atomic E-state index is 0.0686. The van der Waals surface area contributed by atoms with Crippen LogP contribution in [0.3, 0.4) is 0 Å². The number of hydrogen-bond donors (Lipinski definition) is 0. The molecule has 63 heavy (non-hydrogen) atoms. The zero-order chi connectivity index (χ0) is 43.3. The maximum Gasteiger partial charge on any atom is 0.0543 e. The number of nitrogens with zero attached hydrogens (tertiary/aromatic N) is 1. The highest BCUT2D eigenvalue weighted by Crippen LogP contribution is 2.70. The van der Waals surface area contributed by atoms with Gasteiger partial charge in [-0.1, -0.05) is 146 Å². The molecule has 4 saturated carbocycles. The largest absolute Gasteiger partial charge is 0.310 e. The van der Waals surface area contributed by atoms with Crippen molar-refractivity contribution in [3.05, 3.63) is 161 Å². The molecule has 6 aromatic rings. The van der Waals surface area contributed by atoms with Crippen LogP contribution in [0.2, 0.25) is 0 Å². The fourth-order valence-corrected chi connectivity index (χ4v) is 14.9. The van der Waals surface area contributed by atoms with Gasteiger partial charge in [0.1, 0.15) is 0 Å². The molecule has 0 atom stereocenters. The van der Waals surface area contributed by atoms with Crippen LogP contribution in [0, 0.1) is 23.7 Å². The van der Waals surface area contributed by atoms with Gasteiger partial charge in [0, 0.05) is 22.4 Å². The molecule has 0 saturated heterocycles. The third kappa shape index (κ3) is 5.86. The molecule has 0 heterocycles. The maximum absolute atomic E-state index is 2.76. The molecule has 6 aromatic carbocycles. The van der Waals surface area contributed by atoms with Crippen LogP contribution in [0.4, 0.5) is 17.1 Å². The summed E-state index contributed by atoms with van der Waals surface area (Å²) in [4.78, 5) is 2.73. The van der Waals surface area contributed by atoms with Crippen molar-refractivity contribution in [2.24, 2.45) is 23.7 Å². The summed E-state index contributed by atoms with van der Waals surface area (Å²) in [5.74, 6) is 3.21. The summed E-state index contributed by atoms with van der Waals surface area (Å²) in [7, 11) is 0. The van der Waals surface area contributed by atoms with E-state index in [-0.39, 0.29) is 27.1 Å². The molecule has 0 amide bonds. The van der Waals surface area contributed by atoms with E-state index in [0.29, 0.717) is 11.8 Å². The van der Waals surface area contributed by atoms with Crippen molar-refractivity contribution in [2.45, 2.75) is 140 Å². The van der Waals surface area contributed by atoms with E-state index in [4.69, 9.17) is 0 Å². The van der Waals surface area contributed by atoms with Gasteiger partial charge < -0.3 is 4.90 Å². The Bertz CT molecular complexity index is 2690. The second-order valence-corrected chi connectivity index (χ2v) is 23.9. The molecular weight excluding hydrogens is 759 g/mol. The first-order chi connectivity index (χ1) is 30.1. The van der Waals surface area contributed by atoms with Crippen molar-refractivity contribution in [3.63, 3.8) is 0 Å². The molecule has 0 radical (unpaired) electrons. The van der Waals surface area contributed by atoms with E-state index in [1.165, 1.54) is 130 Å². The third-order valence-electron chi connectivity index (χ3n) is 18.4. The van der Waals surface area contributed by atoms with Crippen LogP contribution in [0.5, 0.6) is 0 Å². The number of hydrogen-bond acceptors (Lipinski definition) is 1. The Kier molecular flexibility index (Phi) is 8.55. The van der Waals surface area contributed by atoms with Gasteiger partial charge in [-0.05, 0) is 201 Å². The Morgan fingerprint density at radius 1 is 0.365 bits per heavy atom. The van der Waals surface area contributed by atoms with E-state index < -0.39 is 0 Å². The Morgan fingerprint density at radius 3 is 1.40 bits per heavy atom. The highest BCUT2D eigenvalue weighted by Gasteiger charge is 2.61. The van der Waals surface area contributed by atoms with E-state index in [2.05, 4.69) is 188 Å². The van der Waals surface area contributed by atoms with E-state index in [0.717, 1.165) is 11.8 Å². The van der Waals surface area contributed by atoms with E-state index in [1.807, 2.05) is 0 Å². The van der Waals surface area contributed by atoms with Crippen molar-refractivity contribution in [2.75, 3.05) is 4.90 Å². The van der Waals surface area contributed by atoms with Crippen molar-refractivity contribution in [3.8, 4) is 33.4 Å². The summed E-state index contributed by atoms with van der Waals surface area (Å²) < 4.78 is 0. The van der Waals surface area contributed by atoms with Gasteiger partial charge in [-0.15, -0.1) is 0 Å². The number of benzene rings is 6. The average molecular weight is 826 g/mol. The quantitative estimate of drug-likeness (QED) is 0.167. The average Bonchev–Trinajstić information content (AvgIpc) is 3.56. The summed E-state index contributed by atoms with van der Waals surface area (Å²) in [6, 6.07) is 50.7. The lowest BCUT2D eigenvalue weighted by Gasteiger charge is -2.61. The molecule has 7 aliphatic carbocycles. The van der Waals surface area contributed by atoms with Crippen molar-refractivity contribution < 1.29 is 0 Å². The predicted molar refractivity (Wildman–Crippen MR) is 266 cm³/mol. The lowest BCUT2D eigenvalue weighted by Crippen LogP contribution is -2.55. The summed E-state index contributed by atoms with van der Waals surface area (Å²) in [6.45, 7) is 19.8. The summed E-state index contributed by atoms with van der Waals surface area (Å²) in [5.41, 5.74) is 21.8. The molecule has 7 aliphatic rings. The molecule has 320 valence electrons. The first-order valence-electron chi connectivity index (χ1n) is 24.7. The van der Waals surface area contributed by atoms with Gasteiger partial charge in [0.15, 0.2) is 0 Å². The van der Waals surface area contributed by atoms with Crippen LogP contribution in [-0.2, 0) is 27.1 Å². The maximum atomic E-state index is 2.76. The molecule has 0 N–H and O–H groups in total. The van der Waals surface area contributed by atoms with Crippen LogP contribution in [0.1, 0.15) is 147 Å². The van der Waals surface area contributed by atoms with Crippen molar-refractivity contribution in [1.29, 1.82) is 0 Å². The summed E-state index contributed by atoms with van der Waals surface area (Å²) >= 11 is 0. The molecule has 4 fully saturated rings. The van der Waals surface area contributed by atoms with Gasteiger partial charge in [0.25, 0.3) is 0 Å². The first kappa shape index (κ1) is 39.7. The monoisotopic (exact) mass is 826 g/mol. The summed E-state index contributed by atoms with van der Waals surface area (Å²) in [6.07, 6.45) is 11.8. The van der Waals surface area contributed by atoms with Crippen LogP contribution < -0.4 is 4.90 Å². The Morgan fingerprint density at radius 2 is 0.841 bits per heavy atom. The number of rotatable bonds is 5. The first-order valence-corrected chi connectivity index (χ1v) is 24.7. The third-order valence-corrected chi connectivity index (χ3v) is 18.4. The van der Waals surface area contributed by atoms with E-state index in [9.17, 15) is 0 Å². The Hall–Kier alpha value is -4.88. The standard InChI is InChI=1S/C62H67N/c1-58(2)26-28-60(5,6)55-35-46(22-24-52(55)58)63(47-23-25-53-56(36-47)61(7,8)29-27-59(53,3)4)57-38-54-50(37-49(57)43-20-18-42(19-21-43)41-14-10-9-11-15-41)48-16-12-13-17-51(48)62(54)44-31-39-30-40(33-44)34-45(62)32-39/h9-25,35-40,44-45H,26-34H2,1-8H3. The number of anilines is 3. The molecule has 1 spiro atoms. The summed E-state index contributed by atoms with van der Waals surface area (Å²) in [5, 5.41) is 0. The number of fused-ring (bicyclic) bond motifs is 5. The zero-order valence-electron chi connectivity index (χ0n) is 39.2. The van der Waals surface area contributed by atoms with Crippen molar-refractivity contribution >= 4 is 17.1 Å². The molecule has 0 aliphatic heterocycles. The topological polar surface area (TPSA) is 3.24 Å². The molecule has 0 aromatic heterocycles. The zero-order valence-corrected chi connectivity index (χ0v) is 39.2.